The van der Waals surface area contributed by atoms with E-state index in [9.17, 15) is 0 Å². The van der Waals surface area contributed by atoms with Gasteiger partial charge in [-0.1, -0.05) is 34.1 Å². The van der Waals surface area contributed by atoms with Crippen LogP contribution in [0, 0.1) is 0 Å². The summed E-state index contributed by atoms with van der Waals surface area (Å²) in [6.45, 7) is 1.47. The number of methoxy groups -OCH3 is 2. The third kappa shape index (κ3) is 4.30. The van der Waals surface area contributed by atoms with E-state index in [2.05, 4.69) is 27.3 Å². The number of halogens is 1. The van der Waals surface area contributed by atoms with Crippen molar-refractivity contribution in [3.05, 3.63) is 34.3 Å². The molecule has 3 nitrogen and oxygen atoms in total. The second-order valence-corrected chi connectivity index (χ2v) is 3.98. The van der Waals surface area contributed by atoms with Gasteiger partial charge in [0.25, 0.3) is 0 Å². The molecular weight excluding hydrogens is 258 g/mol. The third-order valence-electron chi connectivity index (χ3n) is 2.11. The highest BCUT2D eigenvalue weighted by Gasteiger charge is 2.04. The van der Waals surface area contributed by atoms with Gasteiger partial charge in [0.05, 0.1) is 0 Å². The van der Waals surface area contributed by atoms with Gasteiger partial charge in [-0.15, -0.1) is 0 Å². The molecule has 4 heteroatoms. The molecule has 1 aromatic rings. The van der Waals surface area contributed by atoms with Crippen molar-refractivity contribution in [1.82, 2.24) is 5.32 Å². The zero-order valence-electron chi connectivity index (χ0n) is 9.00. The van der Waals surface area contributed by atoms with Gasteiger partial charge in [-0.25, -0.2) is 0 Å². The maximum absolute atomic E-state index is 5.07. The Hall–Kier alpha value is -0.420. The summed E-state index contributed by atoms with van der Waals surface area (Å²) in [5.74, 6) is 0. The number of rotatable bonds is 6. The summed E-state index contributed by atoms with van der Waals surface area (Å²) in [6, 6.07) is 8.12. The van der Waals surface area contributed by atoms with Crippen LogP contribution in [-0.2, 0) is 16.0 Å². The molecule has 84 valence electrons. The molecule has 0 amide bonds. The molecule has 1 rings (SSSR count). The van der Waals surface area contributed by atoms with Crippen LogP contribution in [0.25, 0.3) is 0 Å². The highest BCUT2D eigenvalue weighted by atomic mass is 79.9. The standard InChI is InChI=1S/C11H16BrNO2/c1-14-11(15-2)8-13-7-9-5-3-4-6-10(9)12/h3-6,11,13H,7-8H2,1-2H3. The summed E-state index contributed by atoms with van der Waals surface area (Å²) in [4.78, 5) is 0. The lowest BCUT2D eigenvalue weighted by Gasteiger charge is -2.14. The molecule has 1 aromatic carbocycles. The molecule has 0 saturated heterocycles. The summed E-state index contributed by atoms with van der Waals surface area (Å²) in [5, 5.41) is 3.26. The van der Waals surface area contributed by atoms with E-state index >= 15 is 0 Å². The molecule has 0 heterocycles. The van der Waals surface area contributed by atoms with Gasteiger partial charge in [-0.05, 0) is 11.6 Å². The largest absolute Gasteiger partial charge is 0.355 e. The molecule has 0 fully saturated rings. The fraction of sp³-hybridized carbons (Fsp3) is 0.455. The van der Waals surface area contributed by atoms with E-state index in [1.54, 1.807) is 14.2 Å². The van der Waals surface area contributed by atoms with Gasteiger partial charge in [0.15, 0.2) is 6.29 Å². The molecule has 1 N–H and O–H groups in total. The van der Waals surface area contributed by atoms with Crippen LogP contribution in [0.3, 0.4) is 0 Å². The number of hydrogen-bond donors (Lipinski definition) is 1. The first-order valence-corrected chi connectivity index (χ1v) is 5.57. The van der Waals surface area contributed by atoms with Gasteiger partial charge < -0.3 is 14.8 Å². The van der Waals surface area contributed by atoms with Crippen LogP contribution in [0.15, 0.2) is 28.7 Å². The Morgan fingerprint density at radius 2 is 1.93 bits per heavy atom. The Bertz CT molecular complexity index is 290. The molecule has 0 aliphatic carbocycles. The smallest absolute Gasteiger partial charge is 0.169 e. The predicted octanol–water partition coefficient (Wildman–Crippen LogP) is 2.16. The number of benzene rings is 1. The Morgan fingerprint density at radius 1 is 1.27 bits per heavy atom. The normalized spacial score (nSPS) is 10.9. The molecule has 0 radical (unpaired) electrons. The lowest BCUT2D eigenvalue weighted by atomic mass is 10.2. The van der Waals surface area contributed by atoms with Crippen molar-refractivity contribution in [2.75, 3.05) is 20.8 Å². The Morgan fingerprint density at radius 3 is 2.53 bits per heavy atom. The Kier molecular flexibility index (Phi) is 5.86. The van der Waals surface area contributed by atoms with Crippen molar-refractivity contribution < 1.29 is 9.47 Å². The fourth-order valence-corrected chi connectivity index (χ4v) is 1.65. The minimum absolute atomic E-state index is 0.188. The van der Waals surface area contributed by atoms with Crippen molar-refractivity contribution >= 4 is 15.9 Å². The molecule has 15 heavy (non-hydrogen) atoms. The average molecular weight is 274 g/mol. The predicted molar refractivity (Wildman–Crippen MR) is 63.7 cm³/mol. The van der Waals surface area contributed by atoms with E-state index in [-0.39, 0.29) is 6.29 Å². The molecule has 0 saturated carbocycles. The fourth-order valence-electron chi connectivity index (χ4n) is 1.23. The second-order valence-electron chi connectivity index (χ2n) is 3.12. The molecule has 0 atom stereocenters. The summed E-state index contributed by atoms with van der Waals surface area (Å²) < 4.78 is 11.3. The van der Waals surface area contributed by atoms with Crippen molar-refractivity contribution in [3.8, 4) is 0 Å². The van der Waals surface area contributed by atoms with Crippen LogP contribution >= 0.6 is 15.9 Å². The second kappa shape index (κ2) is 6.95. The quantitative estimate of drug-likeness (QED) is 0.806. The Balaban J connectivity index is 2.34. The van der Waals surface area contributed by atoms with Crippen LogP contribution < -0.4 is 5.32 Å². The van der Waals surface area contributed by atoms with Crippen molar-refractivity contribution in [2.24, 2.45) is 0 Å². The van der Waals surface area contributed by atoms with Crippen molar-refractivity contribution in [3.63, 3.8) is 0 Å². The van der Waals surface area contributed by atoms with Gasteiger partial charge in [-0.2, -0.15) is 0 Å². The molecule has 0 unspecified atom stereocenters. The highest BCUT2D eigenvalue weighted by Crippen LogP contribution is 2.15. The van der Waals surface area contributed by atoms with E-state index < -0.39 is 0 Å². The minimum Gasteiger partial charge on any atom is -0.355 e. The van der Waals surface area contributed by atoms with Crippen LogP contribution in [0.5, 0.6) is 0 Å². The lowest BCUT2D eigenvalue weighted by molar-refractivity contribution is -0.0989. The highest BCUT2D eigenvalue weighted by molar-refractivity contribution is 9.10. The number of nitrogens with one attached hydrogen (secondary N) is 1. The minimum atomic E-state index is -0.188. The van der Waals surface area contributed by atoms with Crippen LogP contribution in [0.1, 0.15) is 5.56 Å². The zero-order chi connectivity index (χ0) is 11.1. The number of hydrogen-bond acceptors (Lipinski definition) is 3. The van der Waals surface area contributed by atoms with Gasteiger partial charge >= 0.3 is 0 Å². The average Bonchev–Trinajstić information content (AvgIpc) is 2.27. The molecule has 0 aliphatic rings. The van der Waals surface area contributed by atoms with Crippen molar-refractivity contribution in [2.45, 2.75) is 12.8 Å². The number of ether oxygens (including phenoxy) is 2. The van der Waals surface area contributed by atoms with Gasteiger partial charge in [0, 0.05) is 31.8 Å². The summed E-state index contributed by atoms with van der Waals surface area (Å²) in [5.41, 5.74) is 1.23. The van der Waals surface area contributed by atoms with Crippen LogP contribution in [-0.4, -0.2) is 27.1 Å². The molecule has 0 spiro atoms. The van der Waals surface area contributed by atoms with E-state index in [1.165, 1.54) is 5.56 Å². The lowest BCUT2D eigenvalue weighted by Crippen LogP contribution is -2.29. The topological polar surface area (TPSA) is 30.5 Å². The van der Waals surface area contributed by atoms with E-state index in [0.29, 0.717) is 6.54 Å². The monoisotopic (exact) mass is 273 g/mol. The first-order chi connectivity index (χ1) is 7.27. The first-order valence-electron chi connectivity index (χ1n) is 4.77. The first kappa shape index (κ1) is 12.6. The zero-order valence-corrected chi connectivity index (χ0v) is 10.6. The summed E-state index contributed by atoms with van der Waals surface area (Å²) in [7, 11) is 3.27. The van der Waals surface area contributed by atoms with Crippen molar-refractivity contribution in [1.29, 1.82) is 0 Å². The van der Waals surface area contributed by atoms with Crippen LogP contribution in [0.4, 0.5) is 0 Å². The maximum Gasteiger partial charge on any atom is 0.169 e. The van der Waals surface area contributed by atoms with E-state index in [1.807, 2.05) is 18.2 Å². The van der Waals surface area contributed by atoms with E-state index in [0.717, 1.165) is 11.0 Å². The van der Waals surface area contributed by atoms with Gasteiger partial charge in [0.1, 0.15) is 0 Å². The molecular formula is C11H16BrNO2. The molecule has 0 aromatic heterocycles. The Labute approximate surface area is 98.9 Å². The molecule has 0 aliphatic heterocycles. The van der Waals surface area contributed by atoms with Crippen LogP contribution in [0.2, 0.25) is 0 Å². The maximum atomic E-state index is 5.07. The van der Waals surface area contributed by atoms with E-state index in [4.69, 9.17) is 9.47 Å². The summed E-state index contributed by atoms with van der Waals surface area (Å²) in [6.07, 6.45) is -0.188. The third-order valence-corrected chi connectivity index (χ3v) is 2.88. The summed E-state index contributed by atoms with van der Waals surface area (Å²) >= 11 is 3.50. The van der Waals surface area contributed by atoms with Gasteiger partial charge in [-0.3, -0.25) is 0 Å². The SMILES string of the molecule is COC(CNCc1ccccc1Br)OC. The van der Waals surface area contributed by atoms with Gasteiger partial charge in [0.2, 0.25) is 0 Å². The molecule has 0 bridgehead atoms.